The van der Waals surface area contributed by atoms with Crippen LogP contribution < -0.4 is 9.80 Å². The number of para-hydroxylation sites is 2. The topological polar surface area (TPSA) is 74.5 Å². The molecule has 1 aliphatic heterocycles. The lowest BCUT2D eigenvalue weighted by Gasteiger charge is -2.36. The summed E-state index contributed by atoms with van der Waals surface area (Å²) in [6, 6.07) is 17.9. The summed E-state index contributed by atoms with van der Waals surface area (Å²) in [7, 11) is 0. The van der Waals surface area contributed by atoms with Crippen molar-refractivity contribution in [3.63, 3.8) is 0 Å². The van der Waals surface area contributed by atoms with Gasteiger partial charge in [-0.3, -0.25) is 0 Å². The van der Waals surface area contributed by atoms with Crippen LogP contribution in [0.25, 0.3) is 5.69 Å². The number of benzene rings is 2. The van der Waals surface area contributed by atoms with Gasteiger partial charge in [-0.05, 0) is 30.7 Å². The molecule has 1 fully saturated rings. The van der Waals surface area contributed by atoms with Crippen LogP contribution in [0.1, 0.15) is 16.1 Å². The van der Waals surface area contributed by atoms with E-state index >= 15 is 0 Å². The van der Waals surface area contributed by atoms with E-state index in [0.29, 0.717) is 18.9 Å². The Bertz CT molecular complexity index is 946. The van der Waals surface area contributed by atoms with Gasteiger partial charge in [0.1, 0.15) is 0 Å². The average molecular weight is 363 g/mol. The van der Waals surface area contributed by atoms with Gasteiger partial charge in [-0.2, -0.15) is 0 Å². The summed E-state index contributed by atoms with van der Waals surface area (Å²) in [5.74, 6) is -0.631. The molecular weight excluding hydrogens is 342 g/mol. The third kappa shape index (κ3) is 3.36. The molecule has 138 valence electrons. The van der Waals surface area contributed by atoms with Gasteiger partial charge in [-0.15, -0.1) is 15.0 Å². The van der Waals surface area contributed by atoms with E-state index < -0.39 is 5.97 Å². The minimum absolute atomic E-state index is 0.00795. The molecule has 0 atom stereocenters. The highest BCUT2D eigenvalue weighted by molar-refractivity contribution is 5.91. The number of aromatic carboxylic acids is 1. The Morgan fingerprint density at radius 3 is 2.19 bits per heavy atom. The van der Waals surface area contributed by atoms with Crippen LogP contribution in [-0.2, 0) is 0 Å². The SMILES string of the molecule is Cc1ccccc1-n1nc(C(=O)O)c(N2CCN(c3ccccc3)CC2)n1. The van der Waals surface area contributed by atoms with E-state index in [1.165, 1.54) is 10.5 Å². The summed E-state index contributed by atoms with van der Waals surface area (Å²) in [5.41, 5.74) is 2.95. The second-order valence-electron chi connectivity index (χ2n) is 6.56. The van der Waals surface area contributed by atoms with Crippen molar-refractivity contribution in [3.05, 3.63) is 65.9 Å². The second kappa shape index (κ2) is 7.11. The minimum Gasteiger partial charge on any atom is -0.476 e. The Morgan fingerprint density at radius 1 is 0.889 bits per heavy atom. The van der Waals surface area contributed by atoms with Crippen LogP contribution in [0, 0.1) is 6.92 Å². The fraction of sp³-hybridized carbons (Fsp3) is 0.250. The zero-order valence-corrected chi connectivity index (χ0v) is 15.1. The molecule has 3 aromatic rings. The Kier molecular flexibility index (Phi) is 4.50. The van der Waals surface area contributed by atoms with Crippen molar-refractivity contribution >= 4 is 17.5 Å². The highest BCUT2D eigenvalue weighted by Crippen LogP contribution is 2.23. The normalized spacial score (nSPS) is 14.4. The fourth-order valence-corrected chi connectivity index (χ4v) is 3.36. The number of carboxylic acid groups (broad SMARTS) is 1. The van der Waals surface area contributed by atoms with E-state index in [1.54, 1.807) is 0 Å². The molecule has 7 nitrogen and oxygen atoms in total. The minimum atomic E-state index is -1.06. The van der Waals surface area contributed by atoms with Crippen LogP contribution in [0.4, 0.5) is 11.5 Å². The predicted octanol–water partition coefficient (Wildman–Crippen LogP) is 2.60. The van der Waals surface area contributed by atoms with Crippen LogP contribution >= 0.6 is 0 Å². The van der Waals surface area contributed by atoms with Crippen molar-refractivity contribution in [3.8, 4) is 5.69 Å². The highest BCUT2D eigenvalue weighted by atomic mass is 16.4. The Balaban J connectivity index is 1.59. The van der Waals surface area contributed by atoms with Crippen LogP contribution in [-0.4, -0.2) is 52.2 Å². The van der Waals surface area contributed by atoms with Crippen molar-refractivity contribution < 1.29 is 9.90 Å². The summed E-state index contributed by atoms with van der Waals surface area (Å²) < 4.78 is 0. The summed E-state index contributed by atoms with van der Waals surface area (Å²) in [5, 5.41) is 18.4. The maximum absolute atomic E-state index is 11.7. The molecule has 2 aromatic carbocycles. The summed E-state index contributed by atoms with van der Waals surface area (Å²) in [4.78, 5) is 17.5. The predicted molar refractivity (Wildman–Crippen MR) is 104 cm³/mol. The lowest BCUT2D eigenvalue weighted by atomic mass is 10.2. The van der Waals surface area contributed by atoms with Crippen molar-refractivity contribution in [2.75, 3.05) is 36.0 Å². The first-order valence-corrected chi connectivity index (χ1v) is 8.95. The van der Waals surface area contributed by atoms with Gasteiger partial charge in [0.05, 0.1) is 5.69 Å². The van der Waals surface area contributed by atoms with E-state index in [4.69, 9.17) is 0 Å². The molecule has 0 spiro atoms. The molecule has 0 saturated carbocycles. The quantitative estimate of drug-likeness (QED) is 0.768. The van der Waals surface area contributed by atoms with E-state index in [-0.39, 0.29) is 5.69 Å². The smallest absolute Gasteiger partial charge is 0.360 e. The number of aromatic nitrogens is 3. The first-order valence-electron chi connectivity index (χ1n) is 8.95. The van der Waals surface area contributed by atoms with Gasteiger partial charge in [0.25, 0.3) is 0 Å². The number of nitrogens with zero attached hydrogens (tertiary/aromatic N) is 5. The molecule has 0 radical (unpaired) electrons. The van der Waals surface area contributed by atoms with Crippen molar-refractivity contribution in [1.82, 2.24) is 15.0 Å². The van der Waals surface area contributed by atoms with Gasteiger partial charge in [0.2, 0.25) is 5.69 Å². The largest absolute Gasteiger partial charge is 0.476 e. The molecule has 1 aliphatic rings. The zero-order chi connectivity index (χ0) is 18.8. The number of aryl methyl sites for hydroxylation is 1. The molecule has 7 heteroatoms. The Hall–Kier alpha value is -3.35. The van der Waals surface area contributed by atoms with Crippen molar-refractivity contribution in [2.45, 2.75) is 6.92 Å². The maximum Gasteiger partial charge on any atom is 0.360 e. The van der Waals surface area contributed by atoms with Crippen LogP contribution in [0.2, 0.25) is 0 Å². The van der Waals surface area contributed by atoms with Gasteiger partial charge in [-0.25, -0.2) is 4.79 Å². The summed E-state index contributed by atoms with van der Waals surface area (Å²) >= 11 is 0. The number of rotatable bonds is 4. The monoisotopic (exact) mass is 363 g/mol. The molecule has 0 unspecified atom stereocenters. The molecule has 4 rings (SSSR count). The molecular formula is C20H21N5O2. The van der Waals surface area contributed by atoms with E-state index in [0.717, 1.165) is 24.3 Å². The Morgan fingerprint density at radius 2 is 1.52 bits per heavy atom. The van der Waals surface area contributed by atoms with Crippen LogP contribution in [0.15, 0.2) is 54.6 Å². The molecule has 1 saturated heterocycles. The third-order valence-electron chi connectivity index (χ3n) is 4.83. The lowest BCUT2D eigenvalue weighted by molar-refractivity contribution is 0.0690. The molecule has 1 N–H and O–H groups in total. The first kappa shape index (κ1) is 17.1. The number of hydrogen-bond acceptors (Lipinski definition) is 5. The van der Waals surface area contributed by atoms with Crippen molar-refractivity contribution in [2.24, 2.45) is 0 Å². The maximum atomic E-state index is 11.7. The first-order chi connectivity index (χ1) is 13.1. The molecule has 27 heavy (non-hydrogen) atoms. The third-order valence-corrected chi connectivity index (χ3v) is 4.83. The molecule has 0 bridgehead atoms. The van der Waals surface area contributed by atoms with Gasteiger partial charge in [0.15, 0.2) is 5.82 Å². The zero-order valence-electron chi connectivity index (χ0n) is 15.1. The van der Waals surface area contributed by atoms with Crippen LogP contribution in [0.3, 0.4) is 0 Å². The number of hydrogen-bond donors (Lipinski definition) is 1. The number of piperazine rings is 1. The summed E-state index contributed by atoms with van der Waals surface area (Å²) in [6.45, 7) is 4.96. The van der Waals surface area contributed by atoms with Crippen molar-refractivity contribution in [1.29, 1.82) is 0 Å². The number of carbonyl (C=O) groups is 1. The highest BCUT2D eigenvalue weighted by Gasteiger charge is 2.27. The van der Waals surface area contributed by atoms with Gasteiger partial charge >= 0.3 is 5.97 Å². The average Bonchev–Trinajstić information content (AvgIpc) is 3.15. The van der Waals surface area contributed by atoms with E-state index in [2.05, 4.69) is 27.2 Å². The van der Waals surface area contributed by atoms with Gasteiger partial charge in [0, 0.05) is 31.9 Å². The lowest BCUT2D eigenvalue weighted by Crippen LogP contribution is -2.47. The number of carboxylic acids is 1. The molecule has 2 heterocycles. The Labute approximate surface area is 157 Å². The summed E-state index contributed by atoms with van der Waals surface area (Å²) in [6.07, 6.45) is 0. The van der Waals surface area contributed by atoms with Gasteiger partial charge < -0.3 is 14.9 Å². The fourth-order valence-electron chi connectivity index (χ4n) is 3.36. The molecule has 0 aliphatic carbocycles. The molecule has 0 amide bonds. The van der Waals surface area contributed by atoms with Crippen LogP contribution in [0.5, 0.6) is 0 Å². The second-order valence-corrected chi connectivity index (χ2v) is 6.56. The van der Waals surface area contributed by atoms with E-state index in [1.807, 2.05) is 54.3 Å². The molecule has 1 aromatic heterocycles. The standard InChI is InChI=1S/C20H21N5O2/c1-15-7-5-6-10-17(15)25-21-18(20(26)27)19(22-25)24-13-11-23(12-14-24)16-8-3-2-4-9-16/h2-10H,11-14H2,1H3,(H,26,27). The van der Waals surface area contributed by atoms with E-state index in [9.17, 15) is 9.90 Å². The van der Waals surface area contributed by atoms with Gasteiger partial charge in [-0.1, -0.05) is 36.4 Å². The number of anilines is 2.